The Morgan fingerprint density at radius 1 is 0.975 bits per heavy atom. The molecule has 0 heterocycles. The number of ether oxygens (including phenoxy) is 2. The van der Waals surface area contributed by atoms with Crippen LogP contribution in [-0.2, 0) is 16.1 Å². The van der Waals surface area contributed by atoms with Crippen LogP contribution >= 0.6 is 11.8 Å². The van der Waals surface area contributed by atoms with Crippen molar-refractivity contribution in [2.45, 2.75) is 12.5 Å². The number of benzene rings is 3. The van der Waals surface area contributed by atoms with Gasteiger partial charge in [-0.2, -0.15) is 4.99 Å². The Labute approximate surface area is 237 Å². The fraction of sp³-hybridized carbons (Fsp3) is 0.200. The minimum atomic E-state index is -0.723. The summed E-state index contributed by atoms with van der Waals surface area (Å²) in [7, 11) is 2.95. The molecule has 0 saturated carbocycles. The Hall–Kier alpha value is -4.57. The molecular formula is C30H30N4O5S. The first kappa shape index (κ1) is 28.4. The van der Waals surface area contributed by atoms with Gasteiger partial charge in [0.15, 0.2) is 5.17 Å². The van der Waals surface area contributed by atoms with Gasteiger partial charge in [-0.15, -0.1) is 0 Å². The lowest BCUT2D eigenvalue weighted by atomic mass is 9.98. The van der Waals surface area contributed by atoms with Crippen molar-refractivity contribution in [1.82, 2.24) is 15.5 Å². The van der Waals surface area contributed by atoms with E-state index in [9.17, 15) is 14.4 Å². The zero-order valence-electron chi connectivity index (χ0n) is 22.5. The highest BCUT2D eigenvalue weighted by Crippen LogP contribution is 2.44. The van der Waals surface area contributed by atoms with Crippen LogP contribution in [0.4, 0.5) is 9.59 Å². The smallest absolute Gasteiger partial charge is 0.414 e. The zero-order valence-corrected chi connectivity index (χ0v) is 23.3. The Bertz CT molecular complexity index is 1430. The summed E-state index contributed by atoms with van der Waals surface area (Å²) in [6, 6.07) is 22.7. The minimum absolute atomic E-state index is 0.0459. The van der Waals surface area contributed by atoms with Gasteiger partial charge in [-0.25, -0.2) is 9.59 Å². The van der Waals surface area contributed by atoms with Crippen LogP contribution in [0.5, 0.6) is 5.75 Å². The van der Waals surface area contributed by atoms with Gasteiger partial charge in [0.05, 0.1) is 7.11 Å². The van der Waals surface area contributed by atoms with E-state index in [1.54, 1.807) is 19.4 Å². The van der Waals surface area contributed by atoms with Gasteiger partial charge < -0.3 is 14.8 Å². The monoisotopic (exact) mass is 558 g/mol. The average Bonchev–Trinajstić information content (AvgIpc) is 3.31. The number of urea groups is 1. The number of amidine groups is 1. The first-order valence-electron chi connectivity index (χ1n) is 12.4. The molecule has 3 aromatic carbocycles. The lowest BCUT2D eigenvalue weighted by Gasteiger charge is -2.21. The Balaban J connectivity index is 1.32. The highest BCUT2D eigenvalue weighted by atomic mass is 32.2. The molecule has 206 valence electrons. The van der Waals surface area contributed by atoms with E-state index in [0.29, 0.717) is 5.75 Å². The minimum Gasteiger partial charge on any atom is -0.496 e. The van der Waals surface area contributed by atoms with E-state index in [1.165, 1.54) is 7.05 Å². The quantitative estimate of drug-likeness (QED) is 0.236. The number of fused-ring (bicyclic) bond motifs is 3. The fourth-order valence-electron chi connectivity index (χ4n) is 4.40. The number of amides is 4. The van der Waals surface area contributed by atoms with Crippen molar-refractivity contribution in [2.24, 2.45) is 4.99 Å². The molecule has 0 aliphatic heterocycles. The average molecular weight is 559 g/mol. The maximum atomic E-state index is 12.8. The summed E-state index contributed by atoms with van der Waals surface area (Å²) >= 11 is 1.06. The van der Waals surface area contributed by atoms with Crippen molar-refractivity contribution in [3.8, 4) is 16.9 Å². The van der Waals surface area contributed by atoms with Crippen molar-refractivity contribution in [3.05, 3.63) is 102 Å². The summed E-state index contributed by atoms with van der Waals surface area (Å²) in [4.78, 5) is 42.9. The predicted molar refractivity (Wildman–Crippen MR) is 156 cm³/mol. The van der Waals surface area contributed by atoms with Crippen LogP contribution < -0.4 is 15.4 Å². The normalized spacial score (nSPS) is 12.1. The number of carbonyl (C=O) groups is 3. The van der Waals surface area contributed by atoms with Crippen molar-refractivity contribution >= 4 is 35.0 Å². The molecular weight excluding hydrogens is 528 g/mol. The molecule has 0 atom stereocenters. The first-order chi connectivity index (χ1) is 19.3. The molecule has 2 N–H and O–H groups in total. The van der Waals surface area contributed by atoms with Gasteiger partial charge in [0, 0.05) is 25.1 Å². The summed E-state index contributed by atoms with van der Waals surface area (Å²) in [5, 5.41) is 5.22. The number of aliphatic imine (C=N–C) groups is 1. The van der Waals surface area contributed by atoms with Crippen molar-refractivity contribution in [3.63, 3.8) is 0 Å². The molecule has 0 fully saturated rings. The largest absolute Gasteiger partial charge is 0.496 e. The van der Waals surface area contributed by atoms with E-state index in [4.69, 9.17) is 9.47 Å². The van der Waals surface area contributed by atoms with Gasteiger partial charge in [0.2, 0.25) is 0 Å². The van der Waals surface area contributed by atoms with Gasteiger partial charge >= 0.3 is 12.1 Å². The van der Waals surface area contributed by atoms with Gasteiger partial charge in [0.1, 0.15) is 18.1 Å². The number of methoxy groups -OCH3 is 1. The molecule has 40 heavy (non-hydrogen) atoms. The molecule has 0 spiro atoms. The first-order valence-corrected chi connectivity index (χ1v) is 13.7. The number of likely N-dealkylation sites (N-methyl/N-ethyl adjacent to an activating group) is 1. The van der Waals surface area contributed by atoms with Crippen LogP contribution in [0.25, 0.3) is 11.1 Å². The Kier molecular flexibility index (Phi) is 9.23. The maximum absolute atomic E-state index is 12.8. The number of para-hydroxylation sites is 1. The standard InChI is InChI=1S/C30H30N4O5S/c1-19(27(35)32-29(40-4)33-28(36)31-17-20-11-5-10-16-26(20)38-3)34(2)30(37)39-18-25-23-14-8-6-12-21(23)22-13-7-9-15-24(22)25/h5-16,25H,1,17-18H2,2-4H3,(H2,31,32,33,35,36). The molecule has 0 unspecified atom stereocenters. The number of thioether (sulfide) groups is 1. The highest BCUT2D eigenvalue weighted by molar-refractivity contribution is 8.13. The predicted octanol–water partition coefficient (Wildman–Crippen LogP) is 5.13. The van der Waals surface area contributed by atoms with Crippen LogP contribution in [0.15, 0.2) is 90.1 Å². The molecule has 1 aliphatic carbocycles. The summed E-state index contributed by atoms with van der Waals surface area (Å²) < 4.78 is 10.9. The third-order valence-corrected chi connectivity index (χ3v) is 7.10. The van der Waals surface area contributed by atoms with Crippen molar-refractivity contribution in [2.75, 3.05) is 27.0 Å². The third kappa shape index (κ3) is 6.35. The van der Waals surface area contributed by atoms with Crippen molar-refractivity contribution < 1.29 is 23.9 Å². The van der Waals surface area contributed by atoms with Crippen LogP contribution in [0.1, 0.15) is 22.6 Å². The Morgan fingerprint density at radius 2 is 1.57 bits per heavy atom. The topological polar surface area (TPSA) is 109 Å². The van der Waals surface area contributed by atoms with E-state index in [0.717, 1.165) is 44.5 Å². The van der Waals surface area contributed by atoms with Gasteiger partial charge in [-0.05, 0) is 34.6 Å². The number of nitrogens with zero attached hydrogens (tertiary/aromatic N) is 2. The number of hydrogen-bond donors (Lipinski definition) is 2. The molecule has 0 aromatic heterocycles. The fourth-order valence-corrected chi connectivity index (χ4v) is 4.77. The molecule has 0 saturated heterocycles. The van der Waals surface area contributed by atoms with Crippen LogP contribution in [0, 0.1) is 0 Å². The molecule has 9 nitrogen and oxygen atoms in total. The molecule has 1 aliphatic rings. The van der Waals surface area contributed by atoms with Crippen LogP contribution in [0.3, 0.4) is 0 Å². The second-order valence-corrected chi connectivity index (χ2v) is 9.65. The van der Waals surface area contributed by atoms with Gasteiger partial charge in [-0.1, -0.05) is 85.1 Å². The Morgan fingerprint density at radius 3 is 2.20 bits per heavy atom. The summed E-state index contributed by atoms with van der Waals surface area (Å²) in [6.45, 7) is 4.02. The number of carbonyl (C=O) groups excluding carboxylic acids is 3. The highest BCUT2D eigenvalue weighted by Gasteiger charge is 2.30. The molecule has 0 radical (unpaired) electrons. The third-order valence-electron chi connectivity index (χ3n) is 6.52. The lowest BCUT2D eigenvalue weighted by molar-refractivity contribution is -0.117. The summed E-state index contributed by atoms with van der Waals surface area (Å²) in [5.74, 6) is -0.171. The maximum Gasteiger partial charge on any atom is 0.414 e. The molecule has 4 amide bonds. The second kappa shape index (κ2) is 13.0. The summed E-state index contributed by atoms with van der Waals surface area (Å²) in [6.07, 6.45) is 0.934. The number of nitrogens with one attached hydrogen (secondary N) is 2. The van der Waals surface area contributed by atoms with E-state index in [2.05, 4.69) is 34.3 Å². The SMILES string of the molecule is C=C(C(=O)N/C(=N/C(=O)NCc1ccccc1OC)SC)N(C)C(=O)OCC1c2ccccc2-c2ccccc21. The molecule has 10 heteroatoms. The summed E-state index contributed by atoms with van der Waals surface area (Å²) in [5.41, 5.74) is 5.02. The van der Waals surface area contributed by atoms with E-state index >= 15 is 0 Å². The van der Waals surface area contributed by atoms with E-state index in [-0.39, 0.29) is 29.9 Å². The van der Waals surface area contributed by atoms with Gasteiger partial charge in [0.25, 0.3) is 5.91 Å². The molecule has 0 bridgehead atoms. The van der Waals surface area contributed by atoms with E-state index < -0.39 is 18.0 Å². The van der Waals surface area contributed by atoms with Crippen molar-refractivity contribution in [1.29, 1.82) is 0 Å². The van der Waals surface area contributed by atoms with E-state index in [1.807, 2.05) is 54.6 Å². The molecule has 4 rings (SSSR count). The second-order valence-electron chi connectivity index (χ2n) is 8.86. The van der Waals surface area contributed by atoms with Gasteiger partial charge in [-0.3, -0.25) is 15.0 Å². The van der Waals surface area contributed by atoms with Crippen LogP contribution in [0.2, 0.25) is 0 Å². The number of rotatable bonds is 7. The van der Waals surface area contributed by atoms with Crippen LogP contribution in [-0.4, -0.2) is 55.1 Å². The lowest BCUT2D eigenvalue weighted by Crippen LogP contribution is -2.38. The molecule has 3 aromatic rings. The number of hydrogen-bond acceptors (Lipinski definition) is 6. The zero-order chi connectivity index (χ0) is 28.6.